The number of carbonyl (C=O) groups excluding carboxylic acids is 2. The molecule has 0 fully saturated rings. The second-order valence-electron chi connectivity index (χ2n) is 9.27. The zero-order valence-corrected chi connectivity index (χ0v) is 20.9. The quantitative estimate of drug-likeness (QED) is 0.246. The Balaban J connectivity index is 1.89. The van der Waals surface area contributed by atoms with Gasteiger partial charge in [-0.1, -0.05) is 54.6 Å². The first kappa shape index (κ1) is 25.6. The van der Waals surface area contributed by atoms with Crippen molar-refractivity contribution >= 4 is 61.1 Å². The molecule has 14 heteroatoms. The number of benzene rings is 2. The molecule has 8 nitrogen and oxygen atoms in total. The second kappa shape index (κ2) is 8.65. The zero-order chi connectivity index (χ0) is 25.5. The average Bonchev–Trinajstić information content (AvgIpc) is 3.02. The van der Waals surface area contributed by atoms with Gasteiger partial charge in [-0.2, -0.15) is 8.42 Å². The summed E-state index contributed by atoms with van der Waals surface area (Å²) >= 11 is 0. The van der Waals surface area contributed by atoms with Gasteiger partial charge in [0.05, 0.1) is 11.7 Å². The van der Waals surface area contributed by atoms with Gasteiger partial charge in [0.15, 0.2) is 13.3 Å². The molecule has 0 aliphatic carbocycles. The van der Waals surface area contributed by atoms with E-state index in [9.17, 15) is 18.0 Å². The summed E-state index contributed by atoms with van der Waals surface area (Å²) in [5.74, 6) is -2.12. The van der Waals surface area contributed by atoms with Crippen molar-refractivity contribution in [2.75, 3.05) is 7.11 Å². The number of hydrogen-bond donors (Lipinski definition) is 1. The molecule has 0 saturated heterocycles. The molecule has 34 heavy (non-hydrogen) atoms. The Kier molecular flexibility index (Phi) is 6.52. The van der Waals surface area contributed by atoms with Crippen LogP contribution in [0.4, 0.5) is 0 Å². The van der Waals surface area contributed by atoms with Crippen molar-refractivity contribution in [2.24, 2.45) is 5.73 Å². The van der Waals surface area contributed by atoms with Crippen LogP contribution >= 0.6 is 0 Å². The molecule has 1 heterocycles. The van der Waals surface area contributed by atoms with Crippen LogP contribution in [0.1, 0.15) is 16.7 Å². The number of esters is 1. The number of ketones is 1. The van der Waals surface area contributed by atoms with Crippen molar-refractivity contribution < 1.29 is 31.7 Å². The molecule has 3 rings (SSSR count). The van der Waals surface area contributed by atoms with Crippen LogP contribution in [-0.2, 0) is 48.6 Å². The fourth-order valence-electron chi connectivity index (χ4n) is 3.69. The molecule has 2 N–H and O–H groups in total. The number of Topliss-reactive ketones (excluding diaryl/α,β-unsaturated/α-hetero) is 1. The standard InChI is InChI=1S/C20H24B5NO7S/c1-31-17(28)18(21,22)11-7-9-12(10-8-11)19(23)15(27)14(16(26)32-19)33-34(29,30)20(24,25)13-5-3-2-4-6-13/h2-10H,21-26H2,1H3/t19-/m0/s1. The van der Waals surface area contributed by atoms with E-state index in [1.54, 1.807) is 70.3 Å². The Hall–Kier alpha value is -3.01. The van der Waals surface area contributed by atoms with E-state index >= 15 is 0 Å². The highest BCUT2D eigenvalue weighted by molar-refractivity contribution is 7.90. The van der Waals surface area contributed by atoms with Crippen molar-refractivity contribution in [1.29, 1.82) is 0 Å². The van der Waals surface area contributed by atoms with Gasteiger partial charge in [-0.3, -0.25) is 9.59 Å². The van der Waals surface area contributed by atoms with E-state index < -0.39 is 48.8 Å². The smallest absolute Gasteiger partial charge is 0.304 e. The first-order chi connectivity index (χ1) is 15.7. The van der Waals surface area contributed by atoms with Crippen LogP contribution in [0.25, 0.3) is 0 Å². The first-order valence-electron chi connectivity index (χ1n) is 10.6. The molecule has 1 aliphatic heterocycles. The topological polar surface area (TPSA) is 122 Å². The van der Waals surface area contributed by atoms with E-state index in [2.05, 4.69) is 0 Å². The molecule has 0 unspecified atom stereocenters. The Morgan fingerprint density at radius 3 is 2.09 bits per heavy atom. The first-order valence-corrected chi connectivity index (χ1v) is 12.0. The van der Waals surface area contributed by atoms with E-state index in [1.165, 1.54) is 30.6 Å². The van der Waals surface area contributed by atoms with Crippen LogP contribution < -0.4 is 5.73 Å². The third-order valence-corrected chi connectivity index (χ3v) is 8.19. The maximum absolute atomic E-state index is 13.3. The fraction of sp³-hybridized carbons (Fsp3) is 0.200. The van der Waals surface area contributed by atoms with Gasteiger partial charge in [0, 0.05) is 5.21 Å². The zero-order valence-electron chi connectivity index (χ0n) is 20.0. The number of nitrogens with two attached hydrogens (primary N) is 1. The van der Waals surface area contributed by atoms with Gasteiger partial charge in [0.2, 0.25) is 17.4 Å². The van der Waals surface area contributed by atoms with Gasteiger partial charge < -0.3 is 19.4 Å². The number of ether oxygens (including phenoxy) is 2. The second-order valence-corrected chi connectivity index (χ2v) is 11.4. The van der Waals surface area contributed by atoms with Gasteiger partial charge in [-0.25, -0.2) is 0 Å². The highest BCUT2D eigenvalue weighted by Gasteiger charge is 2.51. The normalized spacial score (nSPS) is 18.9. The summed E-state index contributed by atoms with van der Waals surface area (Å²) in [5.41, 5.74) is 5.90. The Morgan fingerprint density at radius 1 is 1.00 bits per heavy atom. The Morgan fingerprint density at radius 2 is 1.56 bits per heavy atom. The minimum Gasteiger partial charge on any atom is -0.469 e. The van der Waals surface area contributed by atoms with E-state index in [1.807, 2.05) is 0 Å². The molecule has 2 aromatic carbocycles. The van der Waals surface area contributed by atoms with E-state index in [0.717, 1.165) is 0 Å². The molecular formula is C20H24B5NO7S. The van der Waals surface area contributed by atoms with Gasteiger partial charge in [-0.15, -0.1) is 0 Å². The van der Waals surface area contributed by atoms with Gasteiger partial charge in [-0.05, 0) is 16.7 Å². The average molecular weight is 477 g/mol. The summed E-state index contributed by atoms with van der Waals surface area (Å²) in [5, 5.41) is -0.905. The molecule has 0 aromatic heterocycles. The van der Waals surface area contributed by atoms with Crippen molar-refractivity contribution in [2.45, 2.75) is 15.3 Å². The summed E-state index contributed by atoms with van der Waals surface area (Å²) in [6, 6.07) is 15.1. The predicted molar refractivity (Wildman–Crippen MR) is 140 cm³/mol. The predicted octanol–water partition coefficient (Wildman–Crippen LogP) is -3.79. The molecule has 0 radical (unpaired) electrons. The minimum atomic E-state index is -4.32. The van der Waals surface area contributed by atoms with E-state index in [4.69, 9.17) is 19.4 Å². The van der Waals surface area contributed by atoms with E-state index in [-0.39, 0.29) is 0 Å². The molecule has 0 saturated carbocycles. The van der Waals surface area contributed by atoms with Crippen LogP contribution in [-0.4, -0.2) is 66.5 Å². The van der Waals surface area contributed by atoms with Crippen molar-refractivity contribution in [3.05, 3.63) is 82.9 Å². The molecular weight excluding hydrogens is 452 g/mol. The van der Waals surface area contributed by atoms with Crippen LogP contribution in [0.3, 0.4) is 0 Å². The van der Waals surface area contributed by atoms with Crippen LogP contribution in [0.5, 0.6) is 0 Å². The van der Waals surface area contributed by atoms with Crippen LogP contribution in [0.2, 0.25) is 0 Å². The lowest BCUT2D eigenvalue weighted by molar-refractivity contribution is -0.141. The third-order valence-electron chi connectivity index (χ3n) is 6.32. The summed E-state index contributed by atoms with van der Waals surface area (Å²) in [6.07, 6.45) is 0. The summed E-state index contributed by atoms with van der Waals surface area (Å²) in [4.78, 5) is 25.4. The SMILES string of the molecule is BC(B)(C(=O)OC)c1ccc([C@]2(B)OC(N)=C(OS(=O)(=O)C(B)(B)c3ccccc3)C2=O)cc1. The van der Waals surface area contributed by atoms with Crippen LogP contribution in [0, 0.1) is 0 Å². The lowest BCUT2D eigenvalue weighted by atomic mass is 9.51. The Labute approximate surface area is 203 Å². The maximum Gasteiger partial charge on any atom is 0.304 e. The molecule has 1 atom stereocenters. The van der Waals surface area contributed by atoms with Gasteiger partial charge in [0.25, 0.3) is 5.97 Å². The van der Waals surface area contributed by atoms with E-state index in [0.29, 0.717) is 16.7 Å². The van der Waals surface area contributed by atoms with Crippen LogP contribution in [0.15, 0.2) is 66.2 Å². The van der Waals surface area contributed by atoms with Gasteiger partial charge in [0.1, 0.15) is 31.4 Å². The maximum atomic E-state index is 13.3. The summed E-state index contributed by atoms with van der Waals surface area (Å²) in [7, 11) is 4.87. The Bertz CT molecular complexity index is 1260. The van der Waals surface area contributed by atoms with Gasteiger partial charge >= 0.3 is 10.1 Å². The lowest BCUT2D eigenvalue weighted by Gasteiger charge is -2.27. The molecule has 0 spiro atoms. The number of methoxy groups -OCH3 is 1. The number of carbonyl (C=O) groups is 2. The van der Waals surface area contributed by atoms with Crippen molar-refractivity contribution in [3.63, 3.8) is 0 Å². The number of rotatable bonds is 7. The van der Waals surface area contributed by atoms with Crippen molar-refractivity contribution in [3.8, 4) is 0 Å². The molecule has 0 bridgehead atoms. The summed E-state index contributed by atoms with van der Waals surface area (Å²) < 4.78 is 40.6. The molecule has 2 aromatic rings. The highest BCUT2D eigenvalue weighted by atomic mass is 32.2. The minimum absolute atomic E-state index is 0.410. The number of hydrogen-bond acceptors (Lipinski definition) is 8. The largest absolute Gasteiger partial charge is 0.469 e. The third kappa shape index (κ3) is 4.15. The van der Waals surface area contributed by atoms with Crippen molar-refractivity contribution in [1.82, 2.24) is 0 Å². The molecule has 0 amide bonds. The molecule has 1 aliphatic rings. The monoisotopic (exact) mass is 477 g/mol. The molecule has 172 valence electrons. The highest BCUT2D eigenvalue weighted by Crippen LogP contribution is 2.38. The lowest BCUT2D eigenvalue weighted by Crippen LogP contribution is -2.40. The fourth-order valence-corrected chi connectivity index (χ4v) is 4.70. The summed E-state index contributed by atoms with van der Waals surface area (Å²) in [6.45, 7) is 0.